The van der Waals surface area contributed by atoms with Gasteiger partial charge in [-0.05, 0) is 50.2 Å². The highest BCUT2D eigenvalue weighted by Crippen LogP contribution is 2.27. The van der Waals surface area contributed by atoms with Crippen molar-refractivity contribution in [3.63, 3.8) is 0 Å². The van der Waals surface area contributed by atoms with Crippen molar-refractivity contribution >= 4 is 22.5 Å². The summed E-state index contributed by atoms with van der Waals surface area (Å²) in [6, 6.07) is 25.9. The van der Waals surface area contributed by atoms with Crippen molar-refractivity contribution in [2.45, 2.75) is 18.7 Å². The van der Waals surface area contributed by atoms with Crippen LogP contribution in [0.2, 0.25) is 0 Å². The van der Waals surface area contributed by atoms with Crippen molar-refractivity contribution in [2.24, 2.45) is 4.99 Å². The third-order valence-corrected chi connectivity index (χ3v) is 5.09. The van der Waals surface area contributed by atoms with Gasteiger partial charge in [-0.1, -0.05) is 53.7 Å². The van der Waals surface area contributed by atoms with Crippen LogP contribution in [0.3, 0.4) is 0 Å². The summed E-state index contributed by atoms with van der Waals surface area (Å²) in [5, 5.41) is 0.887. The largest absolute Gasteiger partial charge is 0.497 e. The molecule has 0 aliphatic heterocycles. The number of aliphatic imine (C=N–C) groups is 1. The highest BCUT2D eigenvalue weighted by molar-refractivity contribution is 8.14. The number of thioether (sulfide) groups is 1. The summed E-state index contributed by atoms with van der Waals surface area (Å²) in [4.78, 5) is 5.97. The van der Waals surface area contributed by atoms with E-state index in [0.29, 0.717) is 0 Å². The van der Waals surface area contributed by atoms with Crippen LogP contribution >= 0.6 is 11.8 Å². The Morgan fingerprint density at radius 1 is 0.893 bits per heavy atom. The molecule has 28 heavy (non-hydrogen) atoms. The van der Waals surface area contributed by atoms with Crippen LogP contribution in [0.4, 0.5) is 5.69 Å². The normalized spacial score (nSPS) is 12.0. The molecule has 0 aromatic heterocycles. The van der Waals surface area contributed by atoms with E-state index in [0.717, 1.165) is 32.7 Å². The molecule has 3 nitrogen and oxygen atoms in total. The minimum absolute atomic E-state index is 0.720. The van der Waals surface area contributed by atoms with E-state index in [2.05, 4.69) is 31.2 Å². The van der Waals surface area contributed by atoms with Gasteiger partial charge < -0.3 is 9.47 Å². The fourth-order valence-electron chi connectivity index (χ4n) is 2.41. The molecule has 0 amide bonds. The van der Waals surface area contributed by atoms with Crippen LogP contribution in [0.15, 0.2) is 101 Å². The molecule has 0 aliphatic carbocycles. The first-order valence-electron chi connectivity index (χ1n) is 9.00. The van der Waals surface area contributed by atoms with Crippen LogP contribution in [0.1, 0.15) is 12.5 Å². The Kier molecular flexibility index (Phi) is 6.93. The van der Waals surface area contributed by atoms with Crippen LogP contribution in [-0.2, 0) is 0 Å². The molecule has 142 valence electrons. The molecule has 0 atom stereocenters. The zero-order chi connectivity index (χ0) is 19.8. The van der Waals surface area contributed by atoms with E-state index in [1.165, 1.54) is 5.56 Å². The highest BCUT2D eigenvalue weighted by Gasteiger charge is 2.07. The van der Waals surface area contributed by atoms with Gasteiger partial charge in [-0.2, -0.15) is 0 Å². The van der Waals surface area contributed by atoms with Crippen LogP contribution in [0.25, 0.3) is 0 Å². The second-order valence-corrected chi connectivity index (χ2v) is 7.33. The number of hydrogen-bond acceptors (Lipinski definition) is 4. The molecule has 0 saturated carbocycles. The molecule has 0 radical (unpaired) electrons. The Hall–Kier alpha value is -2.98. The van der Waals surface area contributed by atoms with Gasteiger partial charge in [-0.3, -0.25) is 0 Å². The molecule has 0 aliphatic rings. The maximum Gasteiger partial charge on any atom is 0.130 e. The smallest absolute Gasteiger partial charge is 0.130 e. The van der Waals surface area contributed by atoms with Gasteiger partial charge in [0.25, 0.3) is 0 Å². The lowest BCUT2D eigenvalue weighted by Crippen LogP contribution is -1.97. The number of rotatable bonds is 6. The van der Waals surface area contributed by atoms with E-state index in [1.54, 1.807) is 25.1 Å². The van der Waals surface area contributed by atoms with Crippen molar-refractivity contribution in [1.29, 1.82) is 0 Å². The van der Waals surface area contributed by atoms with Crippen LogP contribution in [-0.4, -0.2) is 12.2 Å². The van der Waals surface area contributed by atoms with Crippen LogP contribution in [0, 0.1) is 6.92 Å². The SMILES string of the molecule is COc1cccc(OC=C(C)C(=Nc2ccc(C)cc2)Sc2ccccc2)c1. The van der Waals surface area contributed by atoms with Gasteiger partial charge in [0.05, 0.1) is 19.1 Å². The summed E-state index contributed by atoms with van der Waals surface area (Å²) >= 11 is 1.62. The number of nitrogens with zero attached hydrogens (tertiary/aromatic N) is 1. The van der Waals surface area contributed by atoms with Gasteiger partial charge in [0.1, 0.15) is 16.5 Å². The second-order valence-electron chi connectivity index (χ2n) is 6.27. The van der Waals surface area contributed by atoms with Crippen molar-refractivity contribution < 1.29 is 9.47 Å². The monoisotopic (exact) mass is 389 g/mol. The third-order valence-electron chi connectivity index (χ3n) is 3.97. The molecule has 3 aromatic carbocycles. The fraction of sp³-hybridized carbons (Fsp3) is 0.125. The zero-order valence-electron chi connectivity index (χ0n) is 16.3. The number of benzene rings is 3. The lowest BCUT2D eigenvalue weighted by Gasteiger charge is -2.09. The first kappa shape index (κ1) is 19.8. The second kappa shape index (κ2) is 9.81. The van der Waals surface area contributed by atoms with E-state index in [4.69, 9.17) is 14.5 Å². The first-order chi connectivity index (χ1) is 13.6. The van der Waals surface area contributed by atoms with E-state index in [-0.39, 0.29) is 0 Å². The molecular formula is C24H23NO2S. The van der Waals surface area contributed by atoms with Crippen molar-refractivity contribution in [3.05, 3.63) is 96.3 Å². The Labute approximate surface area is 170 Å². The number of hydrogen-bond donors (Lipinski definition) is 0. The molecule has 3 rings (SSSR count). The zero-order valence-corrected chi connectivity index (χ0v) is 17.1. The quantitative estimate of drug-likeness (QED) is 0.201. The van der Waals surface area contributed by atoms with Gasteiger partial charge >= 0.3 is 0 Å². The minimum Gasteiger partial charge on any atom is -0.497 e. The van der Waals surface area contributed by atoms with E-state index in [9.17, 15) is 0 Å². The van der Waals surface area contributed by atoms with Gasteiger partial charge in [0.2, 0.25) is 0 Å². The standard InChI is InChI=1S/C24H23NO2S/c1-18-12-14-20(15-13-18)25-24(28-23-10-5-4-6-11-23)19(2)17-27-22-9-7-8-21(16-22)26-3/h4-17H,1-3H3. The number of ether oxygens (including phenoxy) is 2. The Bertz CT molecular complexity index is 963. The van der Waals surface area contributed by atoms with Crippen molar-refractivity contribution in [1.82, 2.24) is 0 Å². The summed E-state index contributed by atoms with van der Waals surface area (Å²) in [6.07, 6.45) is 1.73. The summed E-state index contributed by atoms with van der Waals surface area (Å²) in [5.41, 5.74) is 3.07. The molecule has 0 fully saturated rings. The Morgan fingerprint density at radius 2 is 1.61 bits per heavy atom. The van der Waals surface area contributed by atoms with E-state index >= 15 is 0 Å². The molecule has 4 heteroatoms. The fourth-order valence-corrected chi connectivity index (χ4v) is 3.29. The average molecular weight is 390 g/mol. The maximum atomic E-state index is 5.85. The molecule has 0 N–H and O–H groups in total. The van der Waals surface area contributed by atoms with E-state index < -0.39 is 0 Å². The lowest BCUT2D eigenvalue weighted by atomic mass is 10.2. The predicted molar refractivity (Wildman–Crippen MR) is 118 cm³/mol. The van der Waals surface area contributed by atoms with Gasteiger partial charge in [-0.25, -0.2) is 4.99 Å². The molecule has 0 bridgehead atoms. The summed E-state index contributed by atoms with van der Waals surface area (Å²) < 4.78 is 11.1. The number of aryl methyl sites for hydroxylation is 1. The van der Waals surface area contributed by atoms with Crippen LogP contribution in [0.5, 0.6) is 11.5 Å². The van der Waals surface area contributed by atoms with Crippen molar-refractivity contribution in [3.8, 4) is 11.5 Å². The Morgan fingerprint density at radius 3 is 2.32 bits per heavy atom. The molecule has 0 heterocycles. The summed E-state index contributed by atoms with van der Waals surface area (Å²) in [5.74, 6) is 1.48. The summed E-state index contributed by atoms with van der Waals surface area (Å²) in [7, 11) is 1.64. The number of methoxy groups -OCH3 is 1. The van der Waals surface area contributed by atoms with Gasteiger partial charge in [-0.15, -0.1) is 0 Å². The minimum atomic E-state index is 0.720. The Balaban J connectivity index is 1.86. The van der Waals surface area contributed by atoms with E-state index in [1.807, 2.05) is 61.5 Å². The van der Waals surface area contributed by atoms with Gasteiger partial charge in [0, 0.05) is 16.5 Å². The predicted octanol–water partition coefficient (Wildman–Crippen LogP) is 6.81. The van der Waals surface area contributed by atoms with Crippen molar-refractivity contribution in [2.75, 3.05) is 7.11 Å². The molecule has 0 saturated heterocycles. The first-order valence-corrected chi connectivity index (χ1v) is 9.82. The maximum absolute atomic E-state index is 5.85. The molecule has 0 unspecified atom stereocenters. The highest BCUT2D eigenvalue weighted by atomic mass is 32.2. The molecule has 0 spiro atoms. The third kappa shape index (κ3) is 5.76. The molecule has 3 aromatic rings. The van der Waals surface area contributed by atoms with Crippen LogP contribution < -0.4 is 9.47 Å². The molecular weight excluding hydrogens is 366 g/mol. The topological polar surface area (TPSA) is 30.8 Å². The lowest BCUT2D eigenvalue weighted by molar-refractivity contribution is 0.408. The van der Waals surface area contributed by atoms with Gasteiger partial charge in [0.15, 0.2) is 0 Å². The average Bonchev–Trinajstić information content (AvgIpc) is 2.74. The summed E-state index contributed by atoms with van der Waals surface area (Å²) in [6.45, 7) is 4.07.